The number of ether oxygens (including phenoxy) is 2. The van der Waals surface area contributed by atoms with Gasteiger partial charge in [0.05, 0.1) is 36.0 Å². The van der Waals surface area contributed by atoms with Crippen molar-refractivity contribution in [2.45, 2.75) is 38.0 Å². The average Bonchev–Trinajstić information content (AvgIpc) is 3.29. The van der Waals surface area contributed by atoms with Crippen molar-refractivity contribution in [1.29, 1.82) is 0 Å². The van der Waals surface area contributed by atoms with Gasteiger partial charge in [-0.05, 0) is 50.0 Å². The first kappa shape index (κ1) is 17.7. The molecule has 0 atom stereocenters. The number of nitrogens with zero attached hydrogens (tertiary/aromatic N) is 1. The van der Waals surface area contributed by atoms with Gasteiger partial charge < -0.3 is 20.1 Å². The van der Waals surface area contributed by atoms with Gasteiger partial charge in [0, 0.05) is 12.0 Å². The maximum Gasteiger partial charge on any atom is 0.261 e. The van der Waals surface area contributed by atoms with Crippen LogP contribution < -0.4 is 10.6 Å². The van der Waals surface area contributed by atoms with E-state index in [9.17, 15) is 4.79 Å². The predicted octanol–water partition coefficient (Wildman–Crippen LogP) is 1.70. The molecule has 2 aromatic heterocycles. The maximum atomic E-state index is 12.6. The number of piperidine rings is 1. The Kier molecular flexibility index (Phi) is 5.08. The minimum absolute atomic E-state index is 0.0450. The fourth-order valence-electron chi connectivity index (χ4n) is 3.72. The summed E-state index contributed by atoms with van der Waals surface area (Å²) >= 11 is 1.59. The summed E-state index contributed by atoms with van der Waals surface area (Å²) in [4.78, 5) is 14.6. The highest BCUT2D eigenvalue weighted by atomic mass is 32.1. The summed E-state index contributed by atoms with van der Waals surface area (Å²) in [6.07, 6.45) is 2.82. The van der Waals surface area contributed by atoms with E-state index >= 15 is 0 Å². The van der Waals surface area contributed by atoms with Crippen LogP contribution in [0.4, 0.5) is 0 Å². The number of amides is 1. The van der Waals surface area contributed by atoms with Crippen LogP contribution in [0.2, 0.25) is 0 Å². The van der Waals surface area contributed by atoms with Gasteiger partial charge in [-0.3, -0.25) is 9.89 Å². The van der Waals surface area contributed by atoms with Crippen LogP contribution in [-0.4, -0.2) is 42.9 Å². The summed E-state index contributed by atoms with van der Waals surface area (Å²) < 4.78 is 11.2. The molecule has 1 amide bonds. The van der Waals surface area contributed by atoms with Crippen molar-refractivity contribution in [3.05, 3.63) is 38.8 Å². The largest absolute Gasteiger partial charge is 0.378 e. The van der Waals surface area contributed by atoms with Crippen LogP contribution in [0.15, 0.2) is 12.1 Å². The summed E-state index contributed by atoms with van der Waals surface area (Å²) in [7, 11) is 1.63. The molecule has 1 fully saturated rings. The second-order valence-corrected chi connectivity index (χ2v) is 7.86. The molecule has 1 saturated heterocycles. The van der Waals surface area contributed by atoms with Gasteiger partial charge in [0.1, 0.15) is 5.60 Å². The number of hydrogen-bond donors (Lipinski definition) is 3. The first-order valence-corrected chi connectivity index (χ1v) is 9.80. The van der Waals surface area contributed by atoms with Crippen molar-refractivity contribution in [1.82, 2.24) is 20.8 Å². The zero-order chi connectivity index (χ0) is 18.0. The van der Waals surface area contributed by atoms with E-state index in [1.165, 1.54) is 10.4 Å². The minimum atomic E-state index is -0.194. The molecule has 7 nitrogen and oxygen atoms in total. The summed E-state index contributed by atoms with van der Waals surface area (Å²) in [5.41, 5.74) is 2.77. The Morgan fingerprint density at radius 3 is 3.08 bits per heavy atom. The van der Waals surface area contributed by atoms with Crippen LogP contribution in [-0.2, 0) is 34.6 Å². The first-order valence-electron chi connectivity index (χ1n) is 8.98. The number of H-pyrrole nitrogens is 1. The minimum Gasteiger partial charge on any atom is -0.378 e. The zero-order valence-electron chi connectivity index (χ0n) is 14.9. The number of nitrogens with one attached hydrogen (secondary N) is 3. The van der Waals surface area contributed by atoms with E-state index in [1.807, 2.05) is 12.1 Å². The Balaban J connectivity index is 1.45. The molecule has 4 rings (SSSR count). The summed E-state index contributed by atoms with van der Waals surface area (Å²) in [5.74, 6) is -0.0450. The third-order valence-corrected chi connectivity index (χ3v) is 6.38. The number of aromatic amines is 1. The van der Waals surface area contributed by atoms with E-state index < -0.39 is 0 Å². The highest BCUT2D eigenvalue weighted by Crippen LogP contribution is 2.44. The highest BCUT2D eigenvalue weighted by molar-refractivity contribution is 7.14. The van der Waals surface area contributed by atoms with Crippen molar-refractivity contribution < 1.29 is 14.3 Å². The van der Waals surface area contributed by atoms with Crippen molar-refractivity contribution in [3.8, 4) is 0 Å². The van der Waals surface area contributed by atoms with Crippen LogP contribution >= 0.6 is 11.3 Å². The summed E-state index contributed by atoms with van der Waals surface area (Å²) in [6.45, 7) is 3.54. The fourth-order valence-corrected chi connectivity index (χ4v) is 5.05. The topological polar surface area (TPSA) is 88.3 Å². The van der Waals surface area contributed by atoms with Gasteiger partial charge in [-0.2, -0.15) is 5.10 Å². The SMILES string of the molecule is COCc1cc(CNC(=O)c2cc3c(s2)C2(CCNCC2)OCC3)[nH]n1. The van der Waals surface area contributed by atoms with E-state index in [0.29, 0.717) is 13.2 Å². The van der Waals surface area contributed by atoms with E-state index in [-0.39, 0.29) is 11.5 Å². The molecule has 0 radical (unpaired) electrons. The molecule has 0 bridgehead atoms. The maximum absolute atomic E-state index is 12.6. The number of hydrogen-bond acceptors (Lipinski definition) is 6. The number of rotatable bonds is 5. The van der Waals surface area contributed by atoms with Crippen LogP contribution in [0.25, 0.3) is 0 Å². The number of methoxy groups -OCH3 is 1. The average molecular weight is 376 g/mol. The van der Waals surface area contributed by atoms with Crippen LogP contribution in [0.1, 0.15) is 44.3 Å². The molecule has 3 N–H and O–H groups in total. The number of thiophene rings is 1. The van der Waals surface area contributed by atoms with Crippen molar-refractivity contribution >= 4 is 17.2 Å². The molecule has 0 aliphatic carbocycles. The Bertz CT molecular complexity index is 779. The molecule has 2 aromatic rings. The van der Waals surface area contributed by atoms with Gasteiger partial charge in [-0.25, -0.2) is 0 Å². The lowest BCUT2D eigenvalue weighted by molar-refractivity contribution is -0.0771. The molecule has 0 unspecified atom stereocenters. The van der Waals surface area contributed by atoms with Crippen molar-refractivity contribution in [3.63, 3.8) is 0 Å². The monoisotopic (exact) mass is 376 g/mol. The van der Waals surface area contributed by atoms with E-state index in [2.05, 4.69) is 20.8 Å². The smallest absolute Gasteiger partial charge is 0.261 e. The molecule has 140 valence electrons. The Hall–Kier alpha value is -1.74. The molecule has 8 heteroatoms. The Morgan fingerprint density at radius 2 is 2.27 bits per heavy atom. The number of fused-ring (bicyclic) bond motifs is 2. The molecular formula is C18H24N4O3S. The van der Waals surface area contributed by atoms with Gasteiger partial charge in [0.15, 0.2) is 0 Å². The Morgan fingerprint density at radius 1 is 1.42 bits per heavy atom. The molecule has 1 spiro atoms. The van der Waals surface area contributed by atoms with Gasteiger partial charge in [0.2, 0.25) is 0 Å². The molecule has 2 aliphatic rings. The number of aromatic nitrogens is 2. The van der Waals surface area contributed by atoms with Crippen LogP contribution in [0.5, 0.6) is 0 Å². The van der Waals surface area contributed by atoms with Crippen LogP contribution in [0.3, 0.4) is 0 Å². The fraction of sp³-hybridized carbons (Fsp3) is 0.556. The molecule has 4 heterocycles. The summed E-state index contributed by atoms with van der Waals surface area (Å²) in [5, 5.41) is 13.4. The van der Waals surface area contributed by atoms with E-state index in [4.69, 9.17) is 9.47 Å². The van der Waals surface area contributed by atoms with E-state index in [1.54, 1.807) is 18.4 Å². The molecule has 2 aliphatic heterocycles. The lowest BCUT2D eigenvalue weighted by atomic mass is 9.86. The lowest BCUT2D eigenvalue weighted by Crippen LogP contribution is -2.43. The van der Waals surface area contributed by atoms with Gasteiger partial charge in [-0.15, -0.1) is 11.3 Å². The number of carbonyl (C=O) groups excluding carboxylic acids is 1. The van der Waals surface area contributed by atoms with Crippen molar-refractivity contribution in [2.24, 2.45) is 0 Å². The summed E-state index contributed by atoms with van der Waals surface area (Å²) in [6, 6.07) is 3.95. The predicted molar refractivity (Wildman–Crippen MR) is 98.2 cm³/mol. The normalized spacial score (nSPS) is 18.7. The van der Waals surface area contributed by atoms with Gasteiger partial charge in [0.25, 0.3) is 5.91 Å². The number of carbonyl (C=O) groups is 1. The van der Waals surface area contributed by atoms with Crippen molar-refractivity contribution in [2.75, 3.05) is 26.8 Å². The quantitative estimate of drug-likeness (QED) is 0.739. The molecule has 0 aromatic carbocycles. The molecule has 0 saturated carbocycles. The van der Waals surface area contributed by atoms with Gasteiger partial charge >= 0.3 is 0 Å². The zero-order valence-corrected chi connectivity index (χ0v) is 15.7. The Labute approximate surface area is 156 Å². The third-order valence-electron chi connectivity index (χ3n) is 5.02. The third kappa shape index (κ3) is 3.42. The second kappa shape index (κ2) is 7.48. The lowest BCUT2D eigenvalue weighted by Gasteiger charge is -2.40. The highest BCUT2D eigenvalue weighted by Gasteiger charge is 2.41. The van der Waals surface area contributed by atoms with Crippen LogP contribution in [0, 0.1) is 0 Å². The van der Waals surface area contributed by atoms with Gasteiger partial charge in [-0.1, -0.05) is 0 Å². The molecular weight excluding hydrogens is 352 g/mol. The second-order valence-electron chi connectivity index (χ2n) is 6.81. The molecule has 26 heavy (non-hydrogen) atoms. The first-order chi connectivity index (χ1) is 12.7. The van der Waals surface area contributed by atoms with E-state index in [0.717, 1.165) is 55.2 Å². The standard InChI is InChI=1S/C18H24N4O3S/c1-24-11-14-9-13(21-22-14)10-20-17(23)15-8-12-2-7-25-18(16(12)26-15)3-5-19-6-4-18/h8-9,19H,2-7,10-11H2,1H3,(H,20,23)(H,21,22).